The number of rotatable bonds is 6. The van der Waals surface area contributed by atoms with E-state index in [9.17, 15) is 4.79 Å². The molecule has 0 bridgehead atoms. The number of carbonyl (C=O) groups is 1. The number of amides is 1. The van der Waals surface area contributed by atoms with E-state index in [0.29, 0.717) is 23.7 Å². The van der Waals surface area contributed by atoms with Crippen molar-refractivity contribution in [3.8, 4) is 11.5 Å². The van der Waals surface area contributed by atoms with Crippen LogP contribution in [0.2, 0.25) is 0 Å². The molecule has 3 rings (SSSR count). The number of carbonyl (C=O) groups excluding carboxylic acids is 1. The van der Waals surface area contributed by atoms with Crippen LogP contribution in [-0.2, 0) is 6.54 Å². The molecule has 1 fully saturated rings. The molecule has 2 heterocycles. The lowest BCUT2D eigenvalue weighted by molar-refractivity contribution is 0.0946. The van der Waals surface area contributed by atoms with Gasteiger partial charge in [-0.15, -0.1) is 0 Å². The third-order valence-electron chi connectivity index (χ3n) is 4.85. The molecular weight excluding hydrogens is 342 g/mol. The molecule has 0 saturated carbocycles. The Hall–Kier alpha value is -2.76. The molecule has 1 saturated heterocycles. The predicted molar refractivity (Wildman–Crippen MR) is 106 cm³/mol. The molecule has 6 heteroatoms. The van der Waals surface area contributed by atoms with E-state index >= 15 is 0 Å². The van der Waals surface area contributed by atoms with Crippen molar-refractivity contribution in [2.75, 3.05) is 32.2 Å². The molecule has 0 spiro atoms. The van der Waals surface area contributed by atoms with E-state index in [-0.39, 0.29) is 5.91 Å². The maximum Gasteiger partial charge on any atom is 0.270 e. The average Bonchev–Trinajstić information content (AvgIpc) is 3.01. The van der Waals surface area contributed by atoms with Crippen LogP contribution in [0.1, 0.15) is 41.7 Å². The van der Waals surface area contributed by atoms with E-state index in [1.165, 1.54) is 25.7 Å². The molecule has 1 aliphatic rings. The number of ether oxygens (including phenoxy) is 2. The Morgan fingerprint density at radius 2 is 1.78 bits per heavy atom. The molecule has 1 N–H and O–H groups in total. The second-order valence-electron chi connectivity index (χ2n) is 6.67. The molecule has 2 aromatic rings. The monoisotopic (exact) mass is 369 g/mol. The van der Waals surface area contributed by atoms with E-state index in [0.717, 1.165) is 24.3 Å². The van der Waals surface area contributed by atoms with Gasteiger partial charge in [0.1, 0.15) is 5.69 Å². The van der Waals surface area contributed by atoms with Gasteiger partial charge in [-0.05, 0) is 42.7 Å². The van der Waals surface area contributed by atoms with E-state index in [1.54, 1.807) is 20.4 Å². The van der Waals surface area contributed by atoms with Gasteiger partial charge in [0.05, 0.1) is 14.2 Å². The fourth-order valence-corrected chi connectivity index (χ4v) is 3.33. The topological polar surface area (TPSA) is 63.7 Å². The summed E-state index contributed by atoms with van der Waals surface area (Å²) in [5, 5.41) is 2.93. The number of hydrogen-bond acceptors (Lipinski definition) is 5. The van der Waals surface area contributed by atoms with Crippen molar-refractivity contribution in [2.45, 2.75) is 32.2 Å². The van der Waals surface area contributed by atoms with Crippen molar-refractivity contribution >= 4 is 11.6 Å². The first-order valence-electron chi connectivity index (χ1n) is 9.41. The van der Waals surface area contributed by atoms with Gasteiger partial charge in [-0.3, -0.25) is 9.78 Å². The van der Waals surface area contributed by atoms with Crippen molar-refractivity contribution < 1.29 is 14.3 Å². The number of hydrogen-bond donors (Lipinski definition) is 1. The maximum atomic E-state index is 12.6. The van der Waals surface area contributed by atoms with Gasteiger partial charge in [0.15, 0.2) is 11.5 Å². The summed E-state index contributed by atoms with van der Waals surface area (Å²) in [7, 11) is 3.20. The molecule has 6 nitrogen and oxygen atoms in total. The van der Waals surface area contributed by atoms with Crippen molar-refractivity contribution in [2.24, 2.45) is 0 Å². The largest absolute Gasteiger partial charge is 0.493 e. The smallest absolute Gasteiger partial charge is 0.270 e. The number of pyridine rings is 1. The highest BCUT2D eigenvalue weighted by molar-refractivity contribution is 5.93. The zero-order chi connectivity index (χ0) is 19.1. The molecule has 144 valence electrons. The summed E-state index contributed by atoms with van der Waals surface area (Å²) in [5.41, 5.74) is 2.45. The fraction of sp³-hybridized carbons (Fsp3) is 0.429. The third-order valence-corrected chi connectivity index (χ3v) is 4.85. The average molecular weight is 369 g/mol. The minimum atomic E-state index is -0.179. The van der Waals surface area contributed by atoms with Crippen molar-refractivity contribution in [1.82, 2.24) is 10.3 Å². The van der Waals surface area contributed by atoms with Crippen LogP contribution >= 0.6 is 0 Å². The minimum Gasteiger partial charge on any atom is -0.493 e. The van der Waals surface area contributed by atoms with Crippen molar-refractivity contribution in [1.29, 1.82) is 0 Å². The molecule has 0 radical (unpaired) electrons. The molecule has 0 unspecified atom stereocenters. The summed E-state index contributed by atoms with van der Waals surface area (Å²) in [6.07, 6.45) is 6.67. The van der Waals surface area contributed by atoms with Gasteiger partial charge in [-0.25, -0.2) is 0 Å². The Labute approximate surface area is 160 Å². The zero-order valence-corrected chi connectivity index (χ0v) is 16.0. The molecule has 0 atom stereocenters. The van der Waals surface area contributed by atoms with Crippen LogP contribution in [0.25, 0.3) is 0 Å². The van der Waals surface area contributed by atoms with Crippen molar-refractivity contribution in [3.63, 3.8) is 0 Å². The Morgan fingerprint density at radius 1 is 1.04 bits per heavy atom. The second kappa shape index (κ2) is 9.26. The molecule has 27 heavy (non-hydrogen) atoms. The van der Waals surface area contributed by atoms with Crippen molar-refractivity contribution in [3.05, 3.63) is 47.8 Å². The standard InChI is InChI=1S/C21H27N3O3/c1-26-19-8-7-16(13-20(19)27-2)15-23-21(25)18-14-17(9-10-22-18)24-11-5-3-4-6-12-24/h7-10,13-14H,3-6,11-12,15H2,1-2H3,(H,23,25). The van der Waals surface area contributed by atoms with Gasteiger partial charge in [0.25, 0.3) is 5.91 Å². The Kier molecular flexibility index (Phi) is 6.52. The Morgan fingerprint density at radius 3 is 2.48 bits per heavy atom. The van der Waals surface area contributed by atoms with Gasteiger partial charge < -0.3 is 19.7 Å². The maximum absolute atomic E-state index is 12.6. The lowest BCUT2D eigenvalue weighted by Crippen LogP contribution is -2.26. The summed E-state index contributed by atoms with van der Waals surface area (Å²) in [4.78, 5) is 19.1. The lowest BCUT2D eigenvalue weighted by Gasteiger charge is -2.22. The predicted octanol–water partition coefficient (Wildman–Crippen LogP) is 3.41. The van der Waals surface area contributed by atoms with Gasteiger partial charge in [-0.2, -0.15) is 0 Å². The number of methoxy groups -OCH3 is 2. The number of aromatic nitrogens is 1. The molecule has 1 amide bonds. The molecule has 1 aromatic heterocycles. The SMILES string of the molecule is COc1ccc(CNC(=O)c2cc(N3CCCCCC3)ccn2)cc1OC. The van der Waals surface area contributed by atoms with Gasteiger partial charge >= 0.3 is 0 Å². The number of nitrogens with zero attached hydrogens (tertiary/aromatic N) is 2. The third kappa shape index (κ3) is 4.90. The molecule has 1 aromatic carbocycles. The number of benzene rings is 1. The summed E-state index contributed by atoms with van der Waals surface area (Å²) in [6, 6.07) is 9.47. The van der Waals surface area contributed by atoms with E-state index < -0.39 is 0 Å². The Balaban J connectivity index is 1.65. The van der Waals surface area contributed by atoms with E-state index in [4.69, 9.17) is 9.47 Å². The quantitative estimate of drug-likeness (QED) is 0.845. The highest BCUT2D eigenvalue weighted by Crippen LogP contribution is 2.27. The van der Waals surface area contributed by atoms with E-state index in [2.05, 4.69) is 15.2 Å². The number of nitrogens with one attached hydrogen (secondary N) is 1. The fourth-order valence-electron chi connectivity index (χ4n) is 3.33. The molecule has 0 aliphatic carbocycles. The Bertz CT molecular complexity index is 771. The highest BCUT2D eigenvalue weighted by atomic mass is 16.5. The van der Waals surface area contributed by atoms with Crippen LogP contribution in [0.4, 0.5) is 5.69 Å². The summed E-state index contributed by atoms with van der Waals surface area (Å²) in [5.74, 6) is 1.13. The van der Waals surface area contributed by atoms with Crippen LogP contribution in [0.15, 0.2) is 36.5 Å². The number of anilines is 1. The first-order chi connectivity index (χ1) is 13.2. The summed E-state index contributed by atoms with van der Waals surface area (Å²) >= 11 is 0. The molecular formula is C21H27N3O3. The van der Waals surface area contributed by atoms with Crippen LogP contribution in [-0.4, -0.2) is 38.2 Å². The molecule has 1 aliphatic heterocycles. The second-order valence-corrected chi connectivity index (χ2v) is 6.67. The minimum absolute atomic E-state index is 0.179. The lowest BCUT2D eigenvalue weighted by atomic mass is 10.2. The normalized spacial score (nSPS) is 14.4. The van der Waals surface area contributed by atoms with E-state index in [1.807, 2.05) is 30.3 Å². The van der Waals surface area contributed by atoms with Crippen LogP contribution < -0.4 is 19.7 Å². The first kappa shape index (κ1) is 19.0. The van der Waals surface area contributed by atoms with Crippen LogP contribution in [0.3, 0.4) is 0 Å². The summed E-state index contributed by atoms with van der Waals surface area (Å²) < 4.78 is 10.5. The van der Waals surface area contributed by atoms with Gasteiger partial charge in [0, 0.05) is 31.5 Å². The van der Waals surface area contributed by atoms with Crippen LogP contribution in [0.5, 0.6) is 11.5 Å². The zero-order valence-electron chi connectivity index (χ0n) is 16.0. The first-order valence-corrected chi connectivity index (χ1v) is 9.41. The van der Waals surface area contributed by atoms with Gasteiger partial charge in [0.2, 0.25) is 0 Å². The van der Waals surface area contributed by atoms with Gasteiger partial charge in [-0.1, -0.05) is 18.9 Å². The highest BCUT2D eigenvalue weighted by Gasteiger charge is 2.14. The summed E-state index contributed by atoms with van der Waals surface area (Å²) in [6.45, 7) is 2.47. The van der Waals surface area contributed by atoms with Crippen LogP contribution in [0, 0.1) is 0 Å².